The zero-order valence-electron chi connectivity index (χ0n) is 21.1. The minimum atomic E-state index is -4.64. The summed E-state index contributed by atoms with van der Waals surface area (Å²) in [5.74, 6) is -0.639. The molecule has 0 radical (unpaired) electrons. The zero-order valence-corrected chi connectivity index (χ0v) is 21.1. The normalized spacial score (nSPS) is 15.4. The largest absolute Gasteiger partial charge is 0.455 e. The van der Waals surface area contributed by atoms with Crippen molar-refractivity contribution in [1.29, 1.82) is 0 Å². The Morgan fingerprint density at radius 3 is 2.58 bits per heavy atom. The first-order valence-electron chi connectivity index (χ1n) is 12.4. The standard InChI is InChI=1S/C26H30F3N5O4/c1-25(2,37)16-33-12-11-22(32-33)31-24(36)20(13-17-7-3-4-8-17)34-23(35)14-18(15-30-34)38-21-10-6-5-9-19(21)26(27,28)29/h5-6,9-12,14-15,17,20,37H,3-4,7-8,13,16H2,1-2H3,(H,31,32,36)/t20-/m1/s1. The number of amides is 1. The fourth-order valence-corrected chi connectivity index (χ4v) is 4.61. The van der Waals surface area contributed by atoms with E-state index in [4.69, 9.17) is 4.74 Å². The Kier molecular flexibility index (Phi) is 7.91. The van der Waals surface area contributed by atoms with Gasteiger partial charge in [0.15, 0.2) is 11.6 Å². The number of halogens is 3. The number of rotatable bonds is 9. The van der Waals surface area contributed by atoms with Gasteiger partial charge in [-0.3, -0.25) is 14.3 Å². The molecule has 2 N–H and O–H groups in total. The number of hydrogen-bond donors (Lipinski definition) is 2. The average molecular weight is 534 g/mol. The smallest absolute Gasteiger partial charge is 0.419 e. The molecular formula is C26H30F3N5O4. The van der Waals surface area contributed by atoms with E-state index >= 15 is 0 Å². The summed E-state index contributed by atoms with van der Waals surface area (Å²) in [5.41, 5.74) is -2.66. The Morgan fingerprint density at radius 2 is 1.92 bits per heavy atom. The Morgan fingerprint density at radius 1 is 1.21 bits per heavy atom. The third-order valence-corrected chi connectivity index (χ3v) is 6.29. The predicted octanol–water partition coefficient (Wildman–Crippen LogP) is 4.78. The number of aliphatic hydroxyl groups is 1. The summed E-state index contributed by atoms with van der Waals surface area (Å²) in [4.78, 5) is 26.3. The first-order chi connectivity index (χ1) is 17.9. The molecule has 9 nitrogen and oxygen atoms in total. The number of alkyl halides is 3. The van der Waals surface area contributed by atoms with E-state index in [1.165, 1.54) is 16.8 Å². The van der Waals surface area contributed by atoms with Gasteiger partial charge in [0.2, 0.25) is 0 Å². The van der Waals surface area contributed by atoms with E-state index < -0.39 is 40.6 Å². The van der Waals surface area contributed by atoms with Crippen LogP contribution in [0.4, 0.5) is 19.0 Å². The van der Waals surface area contributed by atoms with Gasteiger partial charge in [-0.1, -0.05) is 37.8 Å². The van der Waals surface area contributed by atoms with Crippen LogP contribution in [0.25, 0.3) is 0 Å². The van der Waals surface area contributed by atoms with Crippen LogP contribution in [0.5, 0.6) is 11.5 Å². The number of nitrogens with one attached hydrogen (secondary N) is 1. The van der Waals surface area contributed by atoms with Crippen LogP contribution in [0, 0.1) is 5.92 Å². The molecule has 1 fully saturated rings. The molecule has 0 aliphatic heterocycles. The third-order valence-electron chi connectivity index (χ3n) is 6.29. The van der Waals surface area contributed by atoms with Gasteiger partial charge in [0.25, 0.3) is 11.5 Å². The monoisotopic (exact) mass is 533 g/mol. The van der Waals surface area contributed by atoms with Gasteiger partial charge in [-0.05, 0) is 38.3 Å². The van der Waals surface area contributed by atoms with Crippen molar-refractivity contribution in [3.8, 4) is 11.5 Å². The van der Waals surface area contributed by atoms with Crippen molar-refractivity contribution in [1.82, 2.24) is 19.6 Å². The quantitative estimate of drug-likeness (QED) is 0.410. The van der Waals surface area contributed by atoms with Crippen LogP contribution >= 0.6 is 0 Å². The summed E-state index contributed by atoms with van der Waals surface area (Å²) in [7, 11) is 0. The van der Waals surface area contributed by atoms with Crippen molar-refractivity contribution < 1.29 is 27.8 Å². The Labute approximate surface area is 217 Å². The molecule has 1 aliphatic carbocycles. The van der Waals surface area contributed by atoms with Gasteiger partial charge in [-0.15, -0.1) is 0 Å². The molecule has 1 atom stereocenters. The van der Waals surface area contributed by atoms with Gasteiger partial charge < -0.3 is 15.2 Å². The maximum atomic E-state index is 13.3. The molecule has 204 valence electrons. The molecule has 1 aromatic carbocycles. The van der Waals surface area contributed by atoms with E-state index in [1.54, 1.807) is 26.1 Å². The minimum Gasteiger partial charge on any atom is -0.455 e. The molecule has 12 heteroatoms. The minimum absolute atomic E-state index is 0.173. The fraction of sp³-hybridized carbons (Fsp3) is 0.462. The molecule has 38 heavy (non-hydrogen) atoms. The lowest BCUT2D eigenvalue weighted by Gasteiger charge is -2.21. The maximum Gasteiger partial charge on any atom is 0.419 e. The topological polar surface area (TPSA) is 111 Å². The van der Waals surface area contributed by atoms with E-state index in [0.717, 1.165) is 54.8 Å². The van der Waals surface area contributed by atoms with Crippen LogP contribution in [0.3, 0.4) is 0 Å². The van der Waals surface area contributed by atoms with Crippen molar-refractivity contribution >= 4 is 11.7 Å². The molecule has 2 aromatic heterocycles. The van der Waals surface area contributed by atoms with E-state index in [2.05, 4.69) is 15.5 Å². The van der Waals surface area contributed by atoms with Crippen molar-refractivity contribution in [2.75, 3.05) is 5.32 Å². The van der Waals surface area contributed by atoms with Crippen molar-refractivity contribution in [2.24, 2.45) is 5.92 Å². The predicted molar refractivity (Wildman–Crippen MR) is 133 cm³/mol. The number of carbonyl (C=O) groups is 1. The van der Waals surface area contributed by atoms with Gasteiger partial charge in [-0.25, -0.2) is 4.68 Å². The highest BCUT2D eigenvalue weighted by Gasteiger charge is 2.34. The number of nitrogens with zero attached hydrogens (tertiary/aromatic N) is 4. The number of para-hydroxylation sites is 1. The van der Waals surface area contributed by atoms with Gasteiger partial charge in [0, 0.05) is 18.3 Å². The molecule has 2 heterocycles. The van der Waals surface area contributed by atoms with Gasteiger partial charge >= 0.3 is 6.18 Å². The summed E-state index contributed by atoms with van der Waals surface area (Å²) in [6.07, 6.45) is 2.41. The van der Waals surface area contributed by atoms with Crippen LogP contribution in [0.2, 0.25) is 0 Å². The molecule has 0 unspecified atom stereocenters. The number of benzene rings is 1. The molecule has 4 rings (SSSR count). The van der Waals surface area contributed by atoms with E-state index in [9.17, 15) is 27.9 Å². The average Bonchev–Trinajstić information content (AvgIpc) is 3.48. The summed E-state index contributed by atoms with van der Waals surface area (Å²) in [6, 6.07) is 6.32. The number of aromatic nitrogens is 4. The second-order valence-electron chi connectivity index (χ2n) is 10.2. The molecule has 0 saturated heterocycles. The van der Waals surface area contributed by atoms with Crippen LogP contribution in [0.1, 0.15) is 57.6 Å². The highest BCUT2D eigenvalue weighted by atomic mass is 19.4. The molecule has 1 aliphatic rings. The highest BCUT2D eigenvalue weighted by Crippen LogP contribution is 2.37. The lowest BCUT2D eigenvalue weighted by molar-refractivity contribution is -0.138. The summed E-state index contributed by atoms with van der Waals surface area (Å²) in [6.45, 7) is 3.49. The first-order valence-corrected chi connectivity index (χ1v) is 12.4. The fourth-order valence-electron chi connectivity index (χ4n) is 4.61. The lowest BCUT2D eigenvalue weighted by atomic mass is 9.98. The maximum absolute atomic E-state index is 13.3. The number of ether oxygens (including phenoxy) is 1. The highest BCUT2D eigenvalue weighted by molar-refractivity contribution is 5.92. The number of carbonyl (C=O) groups excluding carboxylic acids is 1. The van der Waals surface area contributed by atoms with E-state index in [0.29, 0.717) is 6.42 Å². The molecule has 0 spiro atoms. The summed E-state index contributed by atoms with van der Waals surface area (Å²) < 4.78 is 47.8. The summed E-state index contributed by atoms with van der Waals surface area (Å²) >= 11 is 0. The van der Waals surface area contributed by atoms with Gasteiger partial charge in [-0.2, -0.15) is 23.4 Å². The van der Waals surface area contributed by atoms with Crippen LogP contribution in [0.15, 0.2) is 53.6 Å². The lowest BCUT2D eigenvalue weighted by Crippen LogP contribution is -2.36. The van der Waals surface area contributed by atoms with Crippen molar-refractivity contribution in [2.45, 2.75) is 70.3 Å². The van der Waals surface area contributed by atoms with E-state index in [-0.39, 0.29) is 24.0 Å². The van der Waals surface area contributed by atoms with Crippen molar-refractivity contribution in [3.63, 3.8) is 0 Å². The van der Waals surface area contributed by atoms with Crippen molar-refractivity contribution in [3.05, 3.63) is 64.7 Å². The number of hydrogen-bond acceptors (Lipinski definition) is 6. The number of anilines is 1. The molecular weight excluding hydrogens is 503 g/mol. The summed E-state index contributed by atoms with van der Waals surface area (Å²) in [5, 5.41) is 21.1. The van der Waals surface area contributed by atoms with Crippen LogP contribution < -0.4 is 15.6 Å². The molecule has 3 aromatic rings. The van der Waals surface area contributed by atoms with E-state index in [1.807, 2.05) is 0 Å². The second-order valence-corrected chi connectivity index (χ2v) is 10.2. The zero-order chi connectivity index (χ0) is 27.5. The van der Waals surface area contributed by atoms with Crippen LogP contribution in [-0.4, -0.2) is 36.2 Å². The van der Waals surface area contributed by atoms with Gasteiger partial charge in [0.1, 0.15) is 11.8 Å². The Hall–Kier alpha value is -3.67. The van der Waals surface area contributed by atoms with Crippen LogP contribution in [-0.2, 0) is 17.5 Å². The Bertz CT molecular complexity index is 1320. The second kappa shape index (κ2) is 11.0. The SMILES string of the molecule is CC(C)(O)Cn1ccc(NC(=O)[C@@H](CC2CCCC2)n2ncc(Oc3ccccc3C(F)(F)F)cc2=O)n1. The molecule has 1 saturated carbocycles. The third kappa shape index (κ3) is 7.00. The van der Waals surface area contributed by atoms with Gasteiger partial charge in [0.05, 0.1) is 23.9 Å². The first kappa shape index (κ1) is 27.4. The Balaban J connectivity index is 1.56. The molecule has 1 amide bonds. The molecule has 0 bridgehead atoms.